The summed E-state index contributed by atoms with van der Waals surface area (Å²) in [6, 6.07) is 7.09. The van der Waals surface area contributed by atoms with Crippen LogP contribution in [0.15, 0.2) is 61.6 Å². The van der Waals surface area contributed by atoms with Crippen LogP contribution in [0.1, 0.15) is 37.3 Å². The van der Waals surface area contributed by atoms with Gasteiger partial charge in [0.2, 0.25) is 17.7 Å². The number of hydrogen-bond acceptors (Lipinski definition) is 6. The van der Waals surface area contributed by atoms with Gasteiger partial charge in [0, 0.05) is 54.3 Å². The highest BCUT2D eigenvalue weighted by Crippen LogP contribution is 2.34. The van der Waals surface area contributed by atoms with E-state index in [1.54, 1.807) is 36.5 Å². The molecule has 1 aromatic carbocycles. The average molecular weight is 501 g/mol. The van der Waals surface area contributed by atoms with Gasteiger partial charge in [0.1, 0.15) is 24.6 Å². The fraction of sp³-hybridized carbons (Fsp3) is 0.333. The van der Waals surface area contributed by atoms with Crippen molar-refractivity contribution in [2.75, 3.05) is 10.8 Å². The highest BCUT2D eigenvalue weighted by molar-refractivity contribution is 6.29. The topological polar surface area (TPSA) is 101 Å². The number of hydrogen-bond donors (Lipinski definition) is 1. The van der Waals surface area contributed by atoms with Gasteiger partial charge in [0.25, 0.3) is 0 Å². The Bertz CT molecular complexity index is 1140. The first kappa shape index (κ1) is 24.6. The molecule has 1 unspecified atom stereocenters. The molecule has 2 heterocycles. The third-order valence-corrected chi connectivity index (χ3v) is 6.10. The Labute approximate surface area is 205 Å². The van der Waals surface area contributed by atoms with E-state index < -0.39 is 29.8 Å². The van der Waals surface area contributed by atoms with Crippen LogP contribution in [0.3, 0.4) is 0 Å². The van der Waals surface area contributed by atoms with E-state index in [0.717, 1.165) is 5.56 Å². The van der Waals surface area contributed by atoms with Crippen molar-refractivity contribution in [1.82, 2.24) is 25.3 Å². The molecule has 2 amide bonds. The van der Waals surface area contributed by atoms with Crippen molar-refractivity contribution in [3.8, 4) is 11.3 Å². The van der Waals surface area contributed by atoms with Gasteiger partial charge < -0.3 is 5.32 Å². The largest absolute Gasteiger partial charge is 0.351 e. The molecule has 0 saturated heterocycles. The van der Waals surface area contributed by atoms with Crippen LogP contribution >= 0.6 is 11.6 Å². The van der Waals surface area contributed by atoms with Crippen LogP contribution in [0, 0.1) is 0 Å². The van der Waals surface area contributed by atoms with Crippen LogP contribution in [0.5, 0.6) is 0 Å². The molecule has 11 heteroatoms. The summed E-state index contributed by atoms with van der Waals surface area (Å²) in [7, 11) is 0. The van der Waals surface area contributed by atoms with Crippen LogP contribution in [-0.4, -0.2) is 49.6 Å². The lowest BCUT2D eigenvalue weighted by Gasteiger charge is -2.34. The molecule has 1 aliphatic rings. The molecule has 0 spiro atoms. The van der Waals surface area contributed by atoms with Crippen molar-refractivity contribution >= 4 is 29.1 Å². The molecule has 1 atom stereocenters. The summed E-state index contributed by atoms with van der Waals surface area (Å²) in [5.74, 6) is -4.13. The summed E-state index contributed by atoms with van der Waals surface area (Å²) in [5.41, 5.74) is 2.28. The van der Waals surface area contributed by atoms with Gasteiger partial charge in [-0.3, -0.25) is 14.5 Å². The molecule has 4 rings (SSSR count). The van der Waals surface area contributed by atoms with E-state index in [1.165, 1.54) is 29.9 Å². The molecule has 0 aliphatic heterocycles. The van der Waals surface area contributed by atoms with E-state index in [2.05, 4.69) is 25.3 Å². The zero-order chi connectivity index (χ0) is 24.8. The summed E-state index contributed by atoms with van der Waals surface area (Å²) < 4.78 is 27.2. The molecular formula is C24H23ClF2N6O2. The van der Waals surface area contributed by atoms with Gasteiger partial charge in [-0.1, -0.05) is 12.1 Å². The van der Waals surface area contributed by atoms with Crippen molar-refractivity contribution in [2.24, 2.45) is 0 Å². The smallest absolute Gasteiger partial charge is 0.248 e. The predicted octanol–water partition coefficient (Wildman–Crippen LogP) is 3.94. The molecule has 0 radical (unpaired) electrons. The summed E-state index contributed by atoms with van der Waals surface area (Å²) in [5, 5.41) is 2.84. The van der Waals surface area contributed by atoms with Crippen molar-refractivity contribution in [3.05, 3.63) is 67.1 Å². The second-order valence-corrected chi connectivity index (χ2v) is 8.52. The number of amides is 2. The number of halogens is 3. The number of benzene rings is 1. The Morgan fingerprint density at radius 2 is 1.74 bits per heavy atom. The number of aromatic nitrogens is 4. The highest BCUT2D eigenvalue weighted by Gasteiger charge is 2.38. The lowest BCUT2D eigenvalue weighted by Crippen LogP contribution is -2.48. The van der Waals surface area contributed by atoms with Crippen molar-refractivity contribution < 1.29 is 18.4 Å². The van der Waals surface area contributed by atoms with E-state index in [4.69, 9.17) is 11.6 Å². The Hall–Kier alpha value is -3.53. The predicted molar refractivity (Wildman–Crippen MR) is 126 cm³/mol. The molecule has 1 saturated carbocycles. The maximum absolute atomic E-state index is 13.6. The first-order chi connectivity index (χ1) is 16.9. The zero-order valence-corrected chi connectivity index (χ0v) is 19.4. The van der Waals surface area contributed by atoms with Crippen LogP contribution in [-0.2, 0) is 9.59 Å². The lowest BCUT2D eigenvalue weighted by molar-refractivity contribution is -0.127. The molecule has 35 heavy (non-hydrogen) atoms. The van der Waals surface area contributed by atoms with Crippen LogP contribution in [0.25, 0.3) is 11.3 Å². The number of alkyl halides is 3. The number of carbonyl (C=O) groups excluding carboxylic acids is 2. The highest BCUT2D eigenvalue weighted by atomic mass is 35.5. The first-order valence-corrected chi connectivity index (χ1v) is 11.6. The Morgan fingerprint density at radius 3 is 2.34 bits per heavy atom. The zero-order valence-electron chi connectivity index (χ0n) is 18.7. The number of nitrogens with zero attached hydrogens (tertiary/aromatic N) is 5. The van der Waals surface area contributed by atoms with Crippen LogP contribution in [0.2, 0.25) is 0 Å². The first-order valence-electron chi connectivity index (χ1n) is 11.1. The fourth-order valence-corrected chi connectivity index (χ4v) is 4.22. The number of anilines is 1. The fourth-order valence-electron chi connectivity index (χ4n) is 4.09. The molecule has 182 valence electrons. The van der Waals surface area contributed by atoms with E-state index in [1.807, 2.05) is 0 Å². The Kier molecular flexibility index (Phi) is 7.60. The Balaban J connectivity index is 1.66. The van der Waals surface area contributed by atoms with Crippen molar-refractivity contribution in [1.29, 1.82) is 0 Å². The van der Waals surface area contributed by atoms with E-state index in [9.17, 15) is 18.4 Å². The SMILES string of the molecule is O=C(NC1CCC(F)(F)CC1)C(c1cncnc1)N(C(=O)CCl)c1ccc(-c2ccncn2)cc1. The van der Waals surface area contributed by atoms with Crippen molar-refractivity contribution in [3.63, 3.8) is 0 Å². The Morgan fingerprint density at radius 1 is 1.06 bits per heavy atom. The summed E-state index contributed by atoms with van der Waals surface area (Å²) in [4.78, 5) is 43.9. The van der Waals surface area contributed by atoms with E-state index in [-0.39, 0.29) is 31.6 Å². The summed E-state index contributed by atoms with van der Waals surface area (Å²) in [6.45, 7) is 0. The van der Waals surface area contributed by atoms with Gasteiger partial charge >= 0.3 is 0 Å². The van der Waals surface area contributed by atoms with Gasteiger partial charge in [0.05, 0.1) is 5.69 Å². The second-order valence-electron chi connectivity index (χ2n) is 8.25. The van der Waals surface area contributed by atoms with Gasteiger partial charge in [-0.2, -0.15) is 0 Å². The quantitative estimate of drug-likeness (QED) is 0.493. The average Bonchev–Trinajstić information content (AvgIpc) is 2.89. The lowest BCUT2D eigenvalue weighted by atomic mass is 9.92. The van der Waals surface area contributed by atoms with Gasteiger partial charge in [-0.05, 0) is 31.0 Å². The number of rotatable bonds is 7. The number of nitrogens with one attached hydrogen (secondary N) is 1. The van der Waals surface area contributed by atoms with E-state index in [0.29, 0.717) is 16.9 Å². The molecule has 1 N–H and O–H groups in total. The molecule has 1 fully saturated rings. The maximum Gasteiger partial charge on any atom is 0.248 e. The number of carbonyl (C=O) groups is 2. The van der Waals surface area contributed by atoms with Crippen molar-refractivity contribution in [2.45, 2.75) is 43.7 Å². The minimum atomic E-state index is -2.72. The summed E-state index contributed by atoms with van der Waals surface area (Å²) >= 11 is 5.93. The molecule has 1 aliphatic carbocycles. The van der Waals surface area contributed by atoms with Gasteiger partial charge in [0.15, 0.2) is 0 Å². The third kappa shape index (κ3) is 5.94. The molecule has 0 bridgehead atoms. The third-order valence-electron chi connectivity index (χ3n) is 5.87. The monoisotopic (exact) mass is 500 g/mol. The maximum atomic E-state index is 13.6. The van der Waals surface area contributed by atoms with Gasteiger partial charge in [-0.25, -0.2) is 28.7 Å². The molecule has 2 aromatic heterocycles. The minimum Gasteiger partial charge on any atom is -0.351 e. The van der Waals surface area contributed by atoms with Crippen LogP contribution < -0.4 is 10.2 Å². The second kappa shape index (κ2) is 10.8. The standard InChI is InChI=1S/C24H23ClF2N6O2/c25-11-21(34)33(19-3-1-16(2-4-19)20-7-10-28-15-31-20)22(17-12-29-14-30-13-17)23(35)32-18-5-8-24(26,27)9-6-18/h1-4,7,10,12-15,18,22H,5-6,8-9,11H2,(H,32,35). The van der Waals surface area contributed by atoms with E-state index >= 15 is 0 Å². The molecular weight excluding hydrogens is 478 g/mol. The molecule has 8 nitrogen and oxygen atoms in total. The van der Waals surface area contributed by atoms with Crippen LogP contribution in [0.4, 0.5) is 14.5 Å². The minimum absolute atomic E-state index is 0.147. The molecule has 3 aromatic rings. The summed E-state index contributed by atoms with van der Waals surface area (Å²) in [6.07, 6.45) is 6.94. The van der Waals surface area contributed by atoms with Gasteiger partial charge in [-0.15, -0.1) is 11.6 Å². The normalized spacial score (nSPS) is 16.3.